The van der Waals surface area contributed by atoms with Crippen LogP contribution in [0.1, 0.15) is 32.3 Å². The molecule has 0 atom stereocenters. The molecule has 1 aromatic rings. The molecule has 1 aromatic carbocycles. The number of rotatable bonds is 6. The highest BCUT2D eigenvalue weighted by Crippen LogP contribution is 2.17. The van der Waals surface area contributed by atoms with Crippen molar-refractivity contribution in [3.8, 4) is 0 Å². The van der Waals surface area contributed by atoms with Crippen molar-refractivity contribution in [2.24, 2.45) is 5.92 Å². The number of amides is 2. The molecule has 1 heterocycles. The van der Waals surface area contributed by atoms with E-state index in [2.05, 4.69) is 29.4 Å². The first-order valence-corrected chi connectivity index (χ1v) is 8.90. The lowest BCUT2D eigenvalue weighted by Gasteiger charge is -2.34. The van der Waals surface area contributed by atoms with Gasteiger partial charge in [-0.15, -0.1) is 0 Å². The van der Waals surface area contributed by atoms with E-state index in [-0.39, 0.29) is 0 Å². The summed E-state index contributed by atoms with van der Waals surface area (Å²) in [7, 11) is 0. The Bertz CT molecular complexity index is 523. The quantitative estimate of drug-likeness (QED) is 0.778. The maximum Gasteiger partial charge on any atom is 0.309 e. The Morgan fingerprint density at radius 1 is 1.08 bits per heavy atom. The van der Waals surface area contributed by atoms with Gasteiger partial charge in [0, 0.05) is 19.1 Å². The van der Waals surface area contributed by atoms with Gasteiger partial charge in [0.05, 0.1) is 0 Å². The number of benzene rings is 1. The molecule has 0 saturated carbocycles. The Hall–Kier alpha value is -1.88. The minimum atomic E-state index is -0.537. The van der Waals surface area contributed by atoms with Crippen molar-refractivity contribution in [3.63, 3.8) is 0 Å². The molecule has 0 aliphatic carbocycles. The van der Waals surface area contributed by atoms with Crippen LogP contribution in [-0.2, 0) is 16.0 Å². The Kier molecular flexibility index (Phi) is 7.25. The van der Waals surface area contributed by atoms with Crippen LogP contribution >= 0.6 is 0 Å². The van der Waals surface area contributed by atoms with Crippen molar-refractivity contribution in [1.82, 2.24) is 15.5 Å². The van der Waals surface area contributed by atoms with E-state index in [1.54, 1.807) is 0 Å². The van der Waals surface area contributed by atoms with E-state index in [0.29, 0.717) is 25.0 Å². The zero-order valence-electron chi connectivity index (χ0n) is 14.8. The number of nitrogens with zero attached hydrogens (tertiary/aromatic N) is 1. The molecule has 0 unspecified atom stereocenters. The van der Waals surface area contributed by atoms with Crippen molar-refractivity contribution in [3.05, 3.63) is 35.9 Å². The number of likely N-dealkylation sites (tertiary alicyclic amines) is 1. The topological polar surface area (TPSA) is 61.4 Å². The summed E-state index contributed by atoms with van der Waals surface area (Å²) in [6, 6.07) is 10.5. The molecule has 0 bridgehead atoms. The predicted molar refractivity (Wildman–Crippen MR) is 95.6 cm³/mol. The molecule has 2 rings (SSSR count). The van der Waals surface area contributed by atoms with Crippen molar-refractivity contribution < 1.29 is 9.59 Å². The molecule has 0 aromatic heterocycles. The highest BCUT2D eigenvalue weighted by molar-refractivity contribution is 6.35. The first kappa shape index (κ1) is 18.5. The number of hydrogen-bond acceptors (Lipinski definition) is 3. The van der Waals surface area contributed by atoms with E-state index < -0.39 is 11.8 Å². The van der Waals surface area contributed by atoms with E-state index in [0.717, 1.165) is 37.9 Å². The van der Waals surface area contributed by atoms with Gasteiger partial charge in [0.25, 0.3) is 0 Å². The third-order valence-corrected chi connectivity index (χ3v) is 4.68. The molecule has 0 spiro atoms. The standard InChI is InChI=1S/C19H29N3O2/c1-15(2)22-12-9-17(10-13-22)14-21-19(24)18(23)20-11-8-16-6-4-3-5-7-16/h3-7,15,17H,8-14H2,1-2H3,(H,20,23)(H,21,24). The molecule has 1 aliphatic rings. The van der Waals surface area contributed by atoms with Gasteiger partial charge in [0.15, 0.2) is 0 Å². The second-order valence-electron chi connectivity index (χ2n) is 6.77. The monoisotopic (exact) mass is 331 g/mol. The molecule has 2 N–H and O–H groups in total. The normalized spacial score (nSPS) is 16.1. The smallest absolute Gasteiger partial charge is 0.309 e. The molecule has 1 saturated heterocycles. The van der Waals surface area contributed by atoms with Crippen molar-refractivity contribution >= 4 is 11.8 Å². The molecule has 5 heteroatoms. The largest absolute Gasteiger partial charge is 0.348 e. The summed E-state index contributed by atoms with van der Waals surface area (Å²) in [6.07, 6.45) is 2.88. The summed E-state index contributed by atoms with van der Waals surface area (Å²) in [5.74, 6) is -0.582. The minimum absolute atomic E-state index is 0.473. The summed E-state index contributed by atoms with van der Waals surface area (Å²) in [5, 5.41) is 5.46. The van der Waals surface area contributed by atoms with Crippen LogP contribution in [0.15, 0.2) is 30.3 Å². The van der Waals surface area contributed by atoms with Crippen LogP contribution in [-0.4, -0.2) is 48.9 Å². The van der Waals surface area contributed by atoms with Gasteiger partial charge in [-0.25, -0.2) is 0 Å². The first-order chi connectivity index (χ1) is 11.6. The van der Waals surface area contributed by atoms with Crippen molar-refractivity contribution in [1.29, 1.82) is 0 Å². The zero-order valence-corrected chi connectivity index (χ0v) is 14.8. The van der Waals surface area contributed by atoms with Crippen LogP contribution in [0.25, 0.3) is 0 Å². The third-order valence-electron chi connectivity index (χ3n) is 4.68. The van der Waals surface area contributed by atoms with Crippen molar-refractivity contribution in [2.75, 3.05) is 26.2 Å². The Morgan fingerprint density at radius 2 is 1.71 bits per heavy atom. The van der Waals surface area contributed by atoms with Gasteiger partial charge >= 0.3 is 11.8 Å². The summed E-state index contributed by atoms with van der Waals surface area (Å²) in [4.78, 5) is 26.1. The van der Waals surface area contributed by atoms with E-state index in [4.69, 9.17) is 0 Å². The van der Waals surface area contributed by atoms with Gasteiger partial charge in [-0.1, -0.05) is 30.3 Å². The van der Waals surface area contributed by atoms with E-state index in [1.165, 1.54) is 0 Å². The maximum absolute atomic E-state index is 11.9. The van der Waals surface area contributed by atoms with Gasteiger partial charge in [0.2, 0.25) is 0 Å². The van der Waals surface area contributed by atoms with Crippen LogP contribution < -0.4 is 10.6 Å². The number of piperidine rings is 1. The lowest BCUT2D eigenvalue weighted by atomic mass is 9.96. The van der Waals surface area contributed by atoms with Crippen LogP contribution in [0.2, 0.25) is 0 Å². The molecule has 24 heavy (non-hydrogen) atoms. The SMILES string of the molecule is CC(C)N1CCC(CNC(=O)C(=O)NCCc2ccccc2)CC1. The highest BCUT2D eigenvalue weighted by Gasteiger charge is 2.22. The van der Waals surface area contributed by atoms with Gasteiger partial charge in [0.1, 0.15) is 0 Å². The summed E-state index contributed by atoms with van der Waals surface area (Å²) >= 11 is 0. The van der Waals surface area contributed by atoms with Crippen LogP contribution in [0.3, 0.4) is 0 Å². The third kappa shape index (κ3) is 5.96. The number of nitrogens with one attached hydrogen (secondary N) is 2. The highest BCUT2D eigenvalue weighted by atomic mass is 16.2. The Labute approximate surface area is 144 Å². The molecular weight excluding hydrogens is 302 g/mol. The zero-order chi connectivity index (χ0) is 17.4. The second kappa shape index (κ2) is 9.42. The maximum atomic E-state index is 11.9. The van der Waals surface area contributed by atoms with Gasteiger partial charge in [-0.05, 0) is 57.7 Å². The average Bonchev–Trinajstić information content (AvgIpc) is 2.60. The fraction of sp³-hybridized carbons (Fsp3) is 0.579. The molecule has 5 nitrogen and oxygen atoms in total. The average molecular weight is 331 g/mol. The Balaban J connectivity index is 1.61. The van der Waals surface area contributed by atoms with E-state index in [9.17, 15) is 9.59 Å². The van der Waals surface area contributed by atoms with E-state index >= 15 is 0 Å². The van der Waals surface area contributed by atoms with Gasteiger partial charge in [-0.2, -0.15) is 0 Å². The van der Waals surface area contributed by atoms with E-state index in [1.807, 2.05) is 30.3 Å². The lowest BCUT2D eigenvalue weighted by Crippen LogP contribution is -2.45. The van der Waals surface area contributed by atoms with Gasteiger partial charge < -0.3 is 15.5 Å². The summed E-state index contributed by atoms with van der Waals surface area (Å²) in [6.45, 7) is 7.63. The minimum Gasteiger partial charge on any atom is -0.348 e. The summed E-state index contributed by atoms with van der Waals surface area (Å²) < 4.78 is 0. The number of carbonyl (C=O) groups excluding carboxylic acids is 2. The van der Waals surface area contributed by atoms with Gasteiger partial charge in [-0.3, -0.25) is 9.59 Å². The predicted octanol–water partition coefficient (Wildman–Crippen LogP) is 1.58. The molecule has 1 fully saturated rings. The number of carbonyl (C=O) groups is 2. The van der Waals surface area contributed by atoms with Crippen LogP contribution in [0.4, 0.5) is 0 Å². The van der Waals surface area contributed by atoms with Crippen molar-refractivity contribution in [2.45, 2.75) is 39.2 Å². The molecular formula is C19H29N3O2. The van der Waals surface area contributed by atoms with Crippen LogP contribution in [0, 0.1) is 5.92 Å². The Morgan fingerprint density at radius 3 is 2.33 bits per heavy atom. The molecule has 0 radical (unpaired) electrons. The number of hydrogen-bond donors (Lipinski definition) is 2. The summed E-state index contributed by atoms with van der Waals surface area (Å²) in [5.41, 5.74) is 1.15. The fourth-order valence-electron chi connectivity index (χ4n) is 3.04. The molecule has 1 aliphatic heterocycles. The second-order valence-corrected chi connectivity index (χ2v) is 6.77. The fourth-order valence-corrected chi connectivity index (χ4v) is 3.04. The lowest BCUT2D eigenvalue weighted by molar-refractivity contribution is -0.139. The molecule has 132 valence electrons. The van der Waals surface area contributed by atoms with Crippen LogP contribution in [0.5, 0.6) is 0 Å². The first-order valence-electron chi connectivity index (χ1n) is 8.90. The molecule has 2 amide bonds.